The van der Waals surface area contributed by atoms with E-state index < -0.39 is 5.41 Å². The summed E-state index contributed by atoms with van der Waals surface area (Å²) in [5.41, 5.74) is 5.13. The average Bonchev–Trinajstić information content (AvgIpc) is 2.96. The molecule has 2 heterocycles. The van der Waals surface area contributed by atoms with Gasteiger partial charge in [0.15, 0.2) is 0 Å². The minimum Gasteiger partial charge on any atom is -0.339 e. The van der Waals surface area contributed by atoms with Crippen molar-refractivity contribution < 1.29 is 9.59 Å². The van der Waals surface area contributed by atoms with Gasteiger partial charge in [-0.2, -0.15) is 0 Å². The molecule has 1 saturated heterocycles. The minimum atomic E-state index is -0.454. The summed E-state index contributed by atoms with van der Waals surface area (Å²) in [5.74, 6) is 0.287. The van der Waals surface area contributed by atoms with Crippen LogP contribution in [0.3, 0.4) is 0 Å². The molecule has 3 aromatic rings. The van der Waals surface area contributed by atoms with Crippen LogP contribution < -0.4 is 0 Å². The zero-order valence-corrected chi connectivity index (χ0v) is 19.2. The molecule has 3 aromatic carbocycles. The molecule has 0 aromatic heterocycles. The summed E-state index contributed by atoms with van der Waals surface area (Å²) in [6.45, 7) is 4.55. The van der Waals surface area contributed by atoms with E-state index in [2.05, 4.69) is 55.5 Å². The maximum atomic E-state index is 14.0. The number of amides is 2. The van der Waals surface area contributed by atoms with Gasteiger partial charge in [0.1, 0.15) is 0 Å². The van der Waals surface area contributed by atoms with Gasteiger partial charge in [-0.1, -0.05) is 72.3 Å². The molecule has 33 heavy (non-hydrogen) atoms. The third-order valence-corrected chi connectivity index (χ3v) is 7.27. The largest absolute Gasteiger partial charge is 0.339 e. The van der Waals surface area contributed by atoms with Gasteiger partial charge in [0.25, 0.3) is 5.91 Å². The Kier molecular flexibility index (Phi) is 5.76. The molecule has 1 fully saturated rings. The predicted octanol–water partition coefficient (Wildman–Crippen LogP) is 5.00. The van der Waals surface area contributed by atoms with Crippen molar-refractivity contribution in [2.75, 3.05) is 13.1 Å². The lowest BCUT2D eigenvalue weighted by atomic mass is 9.72. The molecule has 0 saturated carbocycles. The van der Waals surface area contributed by atoms with Crippen LogP contribution in [0.1, 0.15) is 45.5 Å². The zero-order valence-electron chi connectivity index (χ0n) is 19.2. The number of likely N-dealkylation sites (tertiary alicyclic amines) is 1. The van der Waals surface area contributed by atoms with Crippen molar-refractivity contribution in [2.45, 2.75) is 39.3 Å². The number of fused-ring (bicyclic) bond motifs is 1. The Morgan fingerprint density at radius 3 is 2.18 bits per heavy atom. The smallest absolute Gasteiger partial charge is 0.253 e. The van der Waals surface area contributed by atoms with Gasteiger partial charge in [-0.25, -0.2) is 0 Å². The number of benzene rings is 3. The summed E-state index contributed by atoms with van der Waals surface area (Å²) in [6.07, 6.45) is 2.14. The van der Waals surface area contributed by atoms with Gasteiger partial charge in [0.05, 0.1) is 5.41 Å². The number of hydrogen-bond acceptors (Lipinski definition) is 2. The monoisotopic (exact) mass is 438 g/mol. The summed E-state index contributed by atoms with van der Waals surface area (Å²) >= 11 is 0. The molecule has 168 valence electrons. The fourth-order valence-corrected chi connectivity index (χ4v) is 5.27. The fourth-order valence-electron chi connectivity index (χ4n) is 5.27. The van der Waals surface area contributed by atoms with Crippen LogP contribution in [-0.2, 0) is 24.3 Å². The quantitative estimate of drug-likeness (QED) is 0.577. The van der Waals surface area contributed by atoms with Crippen molar-refractivity contribution in [3.63, 3.8) is 0 Å². The number of nitrogens with zero attached hydrogens (tertiary/aromatic N) is 2. The fraction of sp³-hybridized carbons (Fsp3) is 0.310. The molecule has 5 rings (SSSR count). The van der Waals surface area contributed by atoms with Crippen molar-refractivity contribution in [2.24, 2.45) is 5.41 Å². The van der Waals surface area contributed by atoms with E-state index in [-0.39, 0.29) is 11.8 Å². The molecular weight excluding hydrogens is 408 g/mol. The Hall–Kier alpha value is -3.40. The first-order chi connectivity index (χ1) is 16.0. The normalized spacial score (nSPS) is 17.5. The van der Waals surface area contributed by atoms with Gasteiger partial charge in [-0.05, 0) is 55.0 Å². The van der Waals surface area contributed by atoms with E-state index >= 15 is 0 Å². The number of piperidine rings is 1. The Balaban J connectivity index is 1.40. The standard InChI is InChI=1S/C29H30N2O2/c1-22-11-13-23(14-12-22)20-31-21-26-10-6-5-9-25(26)19-29(28(31)33)15-17-30(18-16-29)27(32)24-7-3-2-4-8-24/h2-14H,15-21H2,1H3. The minimum absolute atomic E-state index is 0.0587. The van der Waals surface area contributed by atoms with E-state index in [1.807, 2.05) is 40.1 Å². The number of hydrogen-bond donors (Lipinski definition) is 0. The van der Waals surface area contributed by atoms with Crippen molar-refractivity contribution in [1.29, 1.82) is 0 Å². The van der Waals surface area contributed by atoms with Crippen molar-refractivity contribution in [3.05, 3.63) is 107 Å². The van der Waals surface area contributed by atoms with Crippen molar-refractivity contribution in [1.82, 2.24) is 9.80 Å². The molecule has 2 aliphatic heterocycles. The van der Waals surface area contributed by atoms with E-state index in [1.165, 1.54) is 16.7 Å². The van der Waals surface area contributed by atoms with Crippen molar-refractivity contribution >= 4 is 11.8 Å². The Morgan fingerprint density at radius 2 is 1.48 bits per heavy atom. The molecule has 2 amide bonds. The lowest BCUT2D eigenvalue weighted by Gasteiger charge is -2.42. The van der Waals surface area contributed by atoms with Crippen LogP contribution >= 0.6 is 0 Å². The second-order valence-corrected chi connectivity index (χ2v) is 9.53. The molecule has 0 radical (unpaired) electrons. The second-order valence-electron chi connectivity index (χ2n) is 9.53. The maximum Gasteiger partial charge on any atom is 0.253 e. The van der Waals surface area contributed by atoms with Gasteiger partial charge in [-0.15, -0.1) is 0 Å². The van der Waals surface area contributed by atoms with Crippen LogP contribution in [0.4, 0.5) is 0 Å². The number of carbonyl (C=O) groups is 2. The van der Waals surface area contributed by atoms with E-state index in [0.29, 0.717) is 44.6 Å². The molecule has 0 bridgehead atoms. The van der Waals surface area contributed by atoms with Crippen molar-refractivity contribution in [3.8, 4) is 0 Å². The SMILES string of the molecule is Cc1ccc(CN2Cc3ccccc3CC3(CCN(C(=O)c4ccccc4)CC3)C2=O)cc1. The summed E-state index contributed by atoms with van der Waals surface area (Å²) in [6, 6.07) is 26.3. The van der Waals surface area contributed by atoms with Crippen LogP contribution in [0, 0.1) is 12.3 Å². The number of rotatable bonds is 3. The number of carbonyl (C=O) groups excluding carboxylic acids is 2. The molecule has 0 aliphatic carbocycles. The van der Waals surface area contributed by atoms with E-state index in [9.17, 15) is 9.59 Å². The second kappa shape index (κ2) is 8.86. The summed E-state index contributed by atoms with van der Waals surface area (Å²) < 4.78 is 0. The molecule has 4 nitrogen and oxygen atoms in total. The average molecular weight is 439 g/mol. The van der Waals surface area contributed by atoms with E-state index in [4.69, 9.17) is 0 Å². The molecule has 0 atom stereocenters. The predicted molar refractivity (Wildman–Crippen MR) is 130 cm³/mol. The first kappa shape index (κ1) is 21.4. The lowest BCUT2D eigenvalue weighted by molar-refractivity contribution is -0.145. The zero-order chi connectivity index (χ0) is 22.8. The van der Waals surface area contributed by atoms with Gasteiger partial charge in [0, 0.05) is 31.7 Å². The molecular formula is C29H30N2O2. The number of aryl methyl sites for hydroxylation is 1. The summed E-state index contributed by atoms with van der Waals surface area (Å²) in [5, 5.41) is 0. The van der Waals surface area contributed by atoms with Gasteiger partial charge in [0.2, 0.25) is 5.91 Å². The molecule has 0 unspecified atom stereocenters. The Morgan fingerprint density at radius 1 is 0.848 bits per heavy atom. The molecule has 1 spiro atoms. The van der Waals surface area contributed by atoms with Gasteiger partial charge >= 0.3 is 0 Å². The molecule has 2 aliphatic rings. The van der Waals surface area contributed by atoms with Gasteiger partial charge < -0.3 is 9.80 Å². The highest BCUT2D eigenvalue weighted by Crippen LogP contribution is 2.41. The van der Waals surface area contributed by atoms with Crippen LogP contribution in [-0.4, -0.2) is 34.7 Å². The van der Waals surface area contributed by atoms with Crippen LogP contribution in [0.2, 0.25) is 0 Å². The third kappa shape index (κ3) is 4.30. The van der Waals surface area contributed by atoms with Crippen LogP contribution in [0.15, 0.2) is 78.9 Å². The van der Waals surface area contributed by atoms with Crippen LogP contribution in [0.5, 0.6) is 0 Å². The lowest BCUT2D eigenvalue weighted by Crippen LogP contribution is -2.51. The topological polar surface area (TPSA) is 40.6 Å². The van der Waals surface area contributed by atoms with Crippen LogP contribution in [0.25, 0.3) is 0 Å². The molecule has 4 heteroatoms. The highest BCUT2D eigenvalue weighted by Gasteiger charge is 2.46. The highest BCUT2D eigenvalue weighted by molar-refractivity contribution is 5.94. The van der Waals surface area contributed by atoms with E-state index in [0.717, 1.165) is 12.0 Å². The maximum absolute atomic E-state index is 14.0. The van der Waals surface area contributed by atoms with Gasteiger partial charge in [-0.3, -0.25) is 9.59 Å². The summed E-state index contributed by atoms with van der Waals surface area (Å²) in [7, 11) is 0. The molecule has 0 N–H and O–H groups in total. The Bertz CT molecular complexity index is 1150. The third-order valence-electron chi connectivity index (χ3n) is 7.27. The summed E-state index contributed by atoms with van der Waals surface area (Å²) in [4.78, 5) is 31.0. The van der Waals surface area contributed by atoms with E-state index in [1.54, 1.807) is 0 Å². The first-order valence-corrected chi connectivity index (χ1v) is 11.8. The highest BCUT2D eigenvalue weighted by atomic mass is 16.2. The first-order valence-electron chi connectivity index (χ1n) is 11.8. The Labute approximate surface area is 195 Å².